The number of aryl methyl sites for hydroxylation is 1. The lowest BCUT2D eigenvalue weighted by Crippen LogP contribution is -2.07. The topological polar surface area (TPSA) is 43.4 Å². The molecule has 0 saturated carbocycles. The molecule has 0 amide bonds. The van der Waals surface area contributed by atoms with Crippen LogP contribution in [-0.2, 0) is 20.7 Å². The number of carbonyl (C=O) groups is 2. The van der Waals surface area contributed by atoms with Crippen molar-refractivity contribution in [2.45, 2.75) is 33.1 Å². The first-order chi connectivity index (χ1) is 9.06. The van der Waals surface area contributed by atoms with E-state index < -0.39 is 0 Å². The van der Waals surface area contributed by atoms with Crippen LogP contribution in [0.1, 0.15) is 37.8 Å². The van der Waals surface area contributed by atoms with Crippen molar-refractivity contribution in [3.05, 3.63) is 42.0 Å². The number of benzene rings is 1. The first kappa shape index (κ1) is 15.2. The fourth-order valence-electron chi connectivity index (χ4n) is 1.89. The highest BCUT2D eigenvalue weighted by Crippen LogP contribution is 2.20. The van der Waals surface area contributed by atoms with Gasteiger partial charge in [0, 0.05) is 6.42 Å². The lowest BCUT2D eigenvalue weighted by atomic mass is 9.96. The maximum absolute atomic E-state index is 11.7. The molecule has 0 aliphatic carbocycles. The summed E-state index contributed by atoms with van der Waals surface area (Å²) >= 11 is 0. The monoisotopic (exact) mass is 260 g/mol. The molecular weight excluding hydrogens is 240 g/mol. The highest BCUT2D eigenvalue weighted by Gasteiger charge is 2.13. The van der Waals surface area contributed by atoms with Gasteiger partial charge in [0.25, 0.3) is 0 Å². The van der Waals surface area contributed by atoms with Crippen LogP contribution in [-0.4, -0.2) is 18.4 Å². The second-order valence-electron chi connectivity index (χ2n) is 4.41. The molecular formula is C16H20O3. The molecule has 0 aromatic heterocycles. The molecule has 0 aliphatic heterocycles. The molecule has 0 fully saturated rings. The van der Waals surface area contributed by atoms with E-state index in [4.69, 9.17) is 4.74 Å². The van der Waals surface area contributed by atoms with Crippen LogP contribution in [0.4, 0.5) is 0 Å². The third-order valence-electron chi connectivity index (χ3n) is 2.84. The molecule has 3 nitrogen and oxygen atoms in total. The Morgan fingerprint density at radius 3 is 2.58 bits per heavy atom. The van der Waals surface area contributed by atoms with Crippen molar-refractivity contribution < 1.29 is 14.3 Å². The molecule has 0 saturated heterocycles. The third kappa shape index (κ3) is 4.70. The molecule has 1 aromatic rings. The molecule has 0 aliphatic rings. The molecule has 0 atom stereocenters. The van der Waals surface area contributed by atoms with Gasteiger partial charge in [-0.1, -0.05) is 30.8 Å². The van der Waals surface area contributed by atoms with E-state index in [2.05, 4.69) is 6.58 Å². The van der Waals surface area contributed by atoms with Crippen molar-refractivity contribution in [2.24, 2.45) is 0 Å². The molecule has 1 rings (SSSR count). The Morgan fingerprint density at radius 1 is 1.26 bits per heavy atom. The van der Waals surface area contributed by atoms with Crippen LogP contribution in [0.5, 0.6) is 0 Å². The quantitative estimate of drug-likeness (QED) is 0.558. The van der Waals surface area contributed by atoms with Crippen molar-refractivity contribution in [3.8, 4) is 0 Å². The predicted molar refractivity (Wildman–Crippen MR) is 75.7 cm³/mol. The Bertz CT molecular complexity index is 475. The molecule has 0 heterocycles. The molecule has 0 N–H and O–H groups in total. The largest absolute Gasteiger partial charge is 0.462 e. The number of hydrogen-bond donors (Lipinski definition) is 0. The summed E-state index contributed by atoms with van der Waals surface area (Å²) < 4.78 is 4.96. The van der Waals surface area contributed by atoms with E-state index in [-0.39, 0.29) is 11.8 Å². The Morgan fingerprint density at radius 2 is 1.95 bits per heavy atom. The maximum Gasteiger partial charge on any atom is 0.338 e. The van der Waals surface area contributed by atoms with Crippen LogP contribution in [0.15, 0.2) is 30.8 Å². The normalized spacial score (nSPS) is 10.0. The van der Waals surface area contributed by atoms with E-state index in [1.165, 1.54) is 0 Å². The minimum atomic E-state index is -0.387. The zero-order valence-electron chi connectivity index (χ0n) is 11.6. The van der Waals surface area contributed by atoms with E-state index in [1.807, 2.05) is 24.3 Å². The molecule has 0 bridgehead atoms. The van der Waals surface area contributed by atoms with Crippen LogP contribution in [0.2, 0.25) is 0 Å². The van der Waals surface area contributed by atoms with Crippen LogP contribution in [0.25, 0.3) is 5.57 Å². The summed E-state index contributed by atoms with van der Waals surface area (Å²) in [7, 11) is 0. The van der Waals surface area contributed by atoms with E-state index in [1.54, 1.807) is 13.8 Å². The Hall–Kier alpha value is -1.90. The predicted octanol–water partition coefficient (Wildman–Crippen LogP) is 3.17. The van der Waals surface area contributed by atoms with Gasteiger partial charge in [-0.2, -0.15) is 0 Å². The van der Waals surface area contributed by atoms with Gasteiger partial charge in [-0.3, -0.25) is 0 Å². The van der Waals surface area contributed by atoms with Gasteiger partial charge in [-0.05, 0) is 37.8 Å². The molecule has 19 heavy (non-hydrogen) atoms. The summed E-state index contributed by atoms with van der Waals surface area (Å²) in [5.41, 5.74) is 2.21. The number of rotatable bonds is 7. The number of esters is 1. The van der Waals surface area contributed by atoms with E-state index in [0.717, 1.165) is 24.0 Å². The van der Waals surface area contributed by atoms with E-state index in [9.17, 15) is 9.59 Å². The highest BCUT2D eigenvalue weighted by atomic mass is 16.5. The van der Waals surface area contributed by atoms with Crippen molar-refractivity contribution in [1.82, 2.24) is 0 Å². The highest BCUT2D eigenvalue weighted by molar-refractivity contribution is 6.16. The van der Waals surface area contributed by atoms with E-state index >= 15 is 0 Å². The number of carbonyl (C=O) groups excluding carboxylic acids is 2. The molecule has 0 radical (unpaired) electrons. The average molecular weight is 260 g/mol. The van der Waals surface area contributed by atoms with Gasteiger partial charge in [0.2, 0.25) is 0 Å². The molecule has 1 aromatic carbocycles. The van der Waals surface area contributed by atoms with Crippen LogP contribution < -0.4 is 0 Å². The summed E-state index contributed by atoms with van der Waals surface area (Å²) in [4.78, 5) is 22.7. The fourth-order valence-corrected chi connectivity index (χ4v) is 1.89. The van der Waals surface area contributed by atoms with Crippen molar-refractivity contribution in [2.75, 3.05) is 6.61 Å². The first-order valence-corrected chi connectivity index (χ1v) is 6.50. The Balaban J connectivity index is 2.80. The number of hydrogen-bond acceptors (Lipinski definition) is 3. The summed E-state index contributed by atoms with van der Waals surface area (Å²) in [5.74, 6) is -0.205. The maximum atomic E-state index is 11.7. The molecule has 102 valence electrons. The minimum Gasteiger partial charge on any atom is -0.462 e. The minimum absolute atomic E-state index is 0.182. The van der Waals surface area contributed by atoms with Crippen molar-refractivity contribution in [1.29, 1.82) is 0 Å². The van der Waals surface area contributed by atoms with Crippen LogP contribution >= 0.6 is 0 Å². The lowest BCUT2D eigenvalue weighted by molar-refractivity contribution is -0.136. The summed E-state index contributed by atoms with van der Waals surface area (Å²) in [6.07, 6.45) is 2.09. The Kier molecular flexibility index (Phi) is 6.00. The number of ether oxygens (including phenoxy) is 1. The summed E-state index contributed by atoms with van der Waals surface area (Å²) in [6, 6.07) is 7.61. The van der Waals surface area contributed by atoms with Gasteiger partial charge < -0.3 is 9.53 Å². The Labute approximate surface area is 114 Å². The first-order valence-electron chi connectivity index (χ1n) is 6.50. The second-order valence-corrected chi connectivity index (χ2v) is 4.41. The zero-order chi connectivity index (χ0) is 14.3. The van der Waals surface area contributed by atoms with Gasteiger partial charge in [0.15, 0.2) is 0 Å². The number of ketones is 1. The van der Waals surface area contributed by atoms with Gasteiger partial charge in [0.1, 0.15) is 5.78 Å². The summed E-state index contributed by atoms with van der Waals surface area (Å²) in [5, 5.41) is 0. The number of Topliss-reactive ketones (excluding diaryl/α,β-unsaturated/α-hetero) is 1. The molecule has 0 unspecified atom stereocenters. The average Bonchev–Trinajstić information content (AvgIpc) is 2.38. The zero-order valence-corrected chi connectivity index (χ0v) is 11.6. The van der Waals surface area contributed by atoms with Gasteiger partial charge >= 0.3 is 5.97 Å². The van der Waals surface area contributed by atoms with Gasteiger partial charge in [-0.15, -0.1) is 0 Å². The SMILES string of the molecule is C=C(C(=O)OCC)c1ccccc1CCCC(C)=O. The van der Waals surface area contributed by atoms with Crippen molar-refractivity contribution >= 4 is 17.3 Å². The third-order valence-corrected chi connectivity index (χ3v) is 2.84. The standard InChI is InChI=1S/C16H20O3/c1-4-19-16(18)13(3)15-11-6-5-9-14(15)10-7-8-12(2)17/h5-6,9,11H,3-4,7-8,10H2,1-2H3. The smallest absolute Gasteiger partial charge is 0.338 e. The van der Waals surface area contributed by atoms with Crippen LogP contribution in [0.3, 0.4) is 0 Å². The fraction of sp³-hybridized carbons (Fsp3) is 0.375. The van der Waals surface area contributed by atoms with Crippen molar-refractivity contribution in [3.63, 3.8) is 0 Å². The van der Waals surface area contributed by atoms with Gasteiger partial charge in [-0.25, -0.2) is 4.79 Å². The summed E-state index contributed by atoms with van der Waals surface area (Å²) in [6.45, 7) is 7.50. The second kappa shape index (κ2) is 7.52. The lowest BCUT2D eigenvalue weighted by Gasteiger charge is -2.11. The van der Waals surface area contributed by atoms with E-state index in [0.29, 0.717) is 18.6 Å². The van der Waals surface area contributed by atoms with Gasteiger partial charge in [0.05, 0.1) is 12.2 Å². The van der Waals surface area contributed by atoms with Crippen LogP contribution in [0, 0.1) is 0 Å². The molecule has 3 heteroatoms. The molecule has 0 spiro atoms.